The maximum atomic E-state index is 12.4. The number of benzene rings is 1. The van der Waals surface area contributed by atoms with E-state index in [0.29, 0.717) is 11.3 Å². The summed E-state index contributed by atoms with van der Waals surface area (Å²) in [6, 6.07) is 6.86. The Hall–Kier alpha value is -2.96. The van der Waals surface area contributed by atoms with Crippen LogP contribution in [0.25, 0.3) is 0 Å². The number of amidine groups is 1. The zero-order valence-electron chi connectivity index (χ0n) is 11.7. The standard InChI is InChI=1S/C14H15N5O2/c1-9-7-17-11(8-16-9)14(20)19(2)12-6-4-3-5-10(12)13(15)18-21/h3-8,21H,1-2H3,(H2,15,18). The lowest BCUT2D eigenvalue weighted by Crippen LogP contribution is -2.30. The van der Waals surface area contributed by atoms with E-state index in [0.717, 1.165) is 5.69 Å². The molecule has 0 spiro atoms. The molecule has 21 heavy (non-hydrogen) atoms. The highest BCUT2D eigenvalue weighted by molar-refractivity contribution is 6.10. The first-order valence-corrected chi connectivity index (χ1v) is 6.18. The Morgan fingerprint density at radius 3 is 2.62 bits per heavy atom. The Morgan fingerprint density at radius 1 is 1.29 bits per heavy atom. The van der Waals surface area contributed by atoms with Crippen molar-refractivity contribution in [2.45, 2.75) is 6.92 Å². The number of oxime groups is 1. The molecule has 7 nitrogen and oxygen atoms in total. The normalized spacial score (nSPS) is 11.2. The average molecular weight is 285 g/mol. The van der Waals surface area contributed by atoms with Crippen molar-refractivity contribution in [1.29, 1.82) is 0 Å². The van der Waals surface area contributed by atoms with E-state index >= 15 is 0 Å². The molecule has 0 aliphatic heterocycles. The second-order valence-electron chi connectivity index (χ2n) is 4.41. The molecule has 108 valence electrons. The van der Waals surface area contributed by atoms with Gasteiger partial charge in [0.25, 0.3) is 5.91 Å². The molecule has 0 atom stereocenters. The first kappa shape index (κ1) is 14.4. The molecular weight excluding hydrogens is 270 g/mol. The van der Waals surface area contributed by atoms with E-state index < -0.39 is 0 Å². The summed E-state index contributed by atoms with van der Waals surface area (Å²) in [5, 5.41) is 11.8. The second kappa shape index (κ2) is 6.00. The molecule has 0 saturated carbocycles. The molecule has 1 heterocycles. The SMILES string of the molecule is Cc1cnc(C(=O)N(C)c2ccccc2/C(N)=N/O)cn1. The fourth-order valence-corrected chi connectivity index (χ4v) is 1.82. The molecule has 2 rings (SSSR count). The number of aromatic nitrogens is 2. The van der Waals surface area contributed by atoms with Gasteiger partial charge in [-0.1, -0.05) is 17.3 Å². The molecule has 0 fully saturated rings. The highest BCUT2D eigenvalue weighted by Gasteiger charge is 2.19. The molecule has 2 aromatic rings. The number of hydrogen-bond acceptors (Lipinski definition) is 5. The monoisotopic (exact) mass is 285 g/mol. The number of nitrogens with zero attached hydrogens (tertiary/aromatic N) is 4. The average Bonchev–Trinajstić information content (AvgIpc) is 2.53. The Morgan fingerprint density at radius 2 is 2.00 bits per heavy atom. The summed E-state index contributed by atoms with van der Waals surface area (Å²) < 4.78 is 0. The second-order valence-corrected chi connectivity index (χ2v) is 4.41. The summed E-state index contributed by atoms with van der Waals surface area (Å²) >= 11 is 0. The predicted octanol–water partition coefficient (Wildman–Crippen LogP) is 1.16. The highest BCUT2D eigenvalue weighted by Crippen LogP contribution is 2.20. The number of carbonyl (C=O) groups is 1. The third-order valence-corrected chi connectivity index (χ3v) is 2.95. The van der Waals surface area contributed by atoms with Crippen LogP contribution in [0.3, 0.4) is 0 Å². The van der Waals surface area contributed by atoms with Gasteiger partial charge < -0.3 is 15.8 Å². The summed E-state index contributed by atoms with van der Waals surface area (Å²) in [5.74, 6) is -0.402. The molecular formula is C14H15N5O2. The van der Waals surface area contributed by atoms with Crippen LogP contribution in [0.5, 0.6) is 0 Å². The van der Waals surface area contributed by atoms with Crippen molar-refractivity contribution in [3.8, 4) is 0 Å². The third kappa shape index (κ3) is 2.97. The zero-order chi connectivity index (χ0) is 15.4. The number of aryl methyl sites for hydroxylation is 1. The van der Waals surface area contributed by atoms with Crippen LogP contribution in [-0.2, 0) is 0 Å². The minimum atomic E-state index is -0.333. The quantitative estimate of drug-likeness (QED) is 0.381. The minimum absolute atomic E-state index is 0.0692. The Kier molecular flexibility index (Phi) is 4.13. The van der Waals surface area contributed by atoms with Crippen molar-refractivity contribution in [2.75, 3.05) is 11.9 Å². The van der Waals surface area contributed by atoms with Gasteiger partial charge in [-0.25, -0.2) is 4.98 Å². The fourth-order valence-electron chi connectivity index (χ4n) is 1.82. The number of carbonyl (C=O) groups excluding carboxylic acids is 1. The van der Waals surface area contributed by atoms with Gasteiger partial charge in [0.15, 0.2) is 5.84 Å². The molecule has 0 unspecified atom stereocenters. The first-order valence-electron chi connectivity index (χ1n) is 6.18. The fraction of sp³-hybridized carbons (Fsp3) is 0.143. The van der Waals surface area contributed by atoms with Crippen LogP contribution in [0.4, 0.5) is 5.69 Å². The summed E-state index contributed by atoms with van der Waals surface area (Å²) in [6.07, 6.45) is 2.94. The molecule has 1 amide bonds. The van der Waals surface area contributed by atoms with Crippen molar-refractivity contribution >= 4 is 17.4 Å². The molecule has 7 heteroatoms. The lowest BCUT2D eigenvalue weighted by atomic mass is 10.1. The van der Waals surface area contributed by atoms with E-state index in [2.05, 4.69) is 15.1 Å². The van der Waals surface area contributed by atoms with Gasteiger partial charge in [-0.3, -0.25) is 9.78 Å². The lowest BCUT2D eigenvalue weighted by molar-refractivity contribution is 0.0988. The van der Waals surface area contributed by atoms with E-state index in [9.17, 15) is 4.79 Å². The van der Waals surface area contributed by atoms with Crippen molar-refractivity contribution < 1.29 is 10.0 Å². The summed E-state index contributed by atoms with van der Waals surface area (Å²) in [5.41, 5.74) is 7.54. The van der Waals surface area contributed by atoms with E-state index in [1.54, 1.807) is 38.2 Å². The Bertz CT molecular complexity index is 682. The van der Waals surface area contributed by atoms with Crippen LogP contribution in [0.2, 0.25) is 0 Å². The molecule has 0 aliphatic rings. The van der Waals surface area contributed by atoms with Crippen molar-refractivity contribution in [3.63, 3.8) is 0 Å². The largest absolute Gasteiger partial charge is 0.409 e. The smallest absolute Gasteiger partial charge is 0.278 e. The van der Waals surface area contributed by atoms with Crippen molar-refractivity contribution in [1.82, 2.24) is 9.97 Å². The van der Waals surface area contributed by atoms with E-state index in [1.807, 2.05) is 0 Å². The van der Waals surface area contributed by atoms with E-state index in [-0.39, 0.29) is 17.4 Å². The zero-order valence-corrected chi connectivity index (χ0v) is 11.7. The van der Waals surface area contributed by atoms with Crippen LogP contribution in [0, 0.1) is 6.92 Å². The number of anilines is 1. The number of para-hydroxylation sites is 1. The van der Waals surface area contributed by atoms with Gasteiger partial charge in [0.05, 0.1) is 17.6 Å². The van der Waals surface area contributed by atoms with E-state index in [1.165, 1.54) is 17.3 Å². The number of rotatable bonds is 3. The third-order valence-electron chi connectivity index (χ3n) is 2.95. The summed E-state index contributed by atoms with van der Waals surface area (Å²) in [4.78, 5) is 21.9. The maximum absolute atomic E-state index is 12.4. The summed E-state index contributed by atoms with van der Waals surface area (Å²) in [7, 11) is 1.59. The molecule has 1 aromatic carbocycles. The number of nitrogens with two attached hydrogens (primary N) is 1. The van der Waals surface area contributed by atoms with Crippen molar-refractivity contribution in [2.24, 2.45) is 10.9 Å². The number of hydrogen-bond donors (Lipinski definition) is 2. The molecule has 3 N–H and O–H groups in total. The van der Waals surface area contributed by atoms with Crippen LogP contribution in [0.1, 0.15) is 21.7 Å². The van der Waals surface area contributed by atoms with Crippen molar-refractivity contribution in [3.05, 3.63) is 53.6 Å². The van der Waals surface area contributed by atoms with Gasteiger partial charge in [0, 0.05) is 18.8 Å². The molecule has 0 aliphatic carbocycles. The predicted molar refractivity (Wildman–Crippen MR) is 78.5 cm³/mol. The van der Waals surface area contributed by atoms with E-state index in [4.69, 9.17) is 10.9 Å². The van der Waals surface area contributed by atoms with Crippen LogP contribution in [0.15, 0.2) is 41.8 Å². The van der Waals surface area contributed by atoms with Crippen LogP contribution in [-0.4, -0.2) is 34.0 Å². The van der Waals surface area contributed by atoms with Gasteiger partial charge in [-0.05, 0) is 19.1 Å². The van der Waals surface area contributed by atoms with Gasteiger partial charge in [-0.15, -0.1) is 0 Å². The molecule has 0 bridgehead atoms. The topological polar surface area (TPSA) is 105 Å². The van der Waals surface area contributed by atoms with Gasteiger partial charge in [-0.2, -0.15) is 0 Å². The lowest BCUT2D eigenvalue weighted by Gasteiger charge is -2.19. The first-order chi connectivity index (χ1) is 10.0. The van der Waals surface area contributed by atoms with Gasteiger partial charge >= 0.3 is 0 Å². The maximum Gasteiger partial charge on any atom is 0.278 e. The Labute approximate surface area is 121 Å². The minimum Gasteiger partial charge on any atom is -0.409 e. The molecule has 1 aromatic heterocycles. The number of amides is 1. The Balaban J connectivity index is 2.38. The molecule has 0 saturated heterocycles. The van der Waals surface area contributed by atoms with Gasteiger partial charge in [0.2, 0.25) is 0 Å². The summed E-state index contributed by atoms with van der Waals surface area (Å²) in [6.45, 7) is 1.79. The van der Waals surface area contributed by atoms with Gasteiger partial charge in [0.1, 0.15) is 5.69 Å². The highest BCUT2D eigenvalue weighted by atomic mass is 16.4. The molecule has 0 radical (unpaired) electrons. The van der Waals surface area contributed by atoms with Crippen LogP contribution < -0.4 is 10.6 Å². The van der Waals surface area contributed by atoms with Crippen LogP contribution >= 0.6 is 0 Å².